The van der Waals surface area contributed by atoms with E-state index in [0.717, 1.165) is 44.1 Å². The predicted molar refractivity (Wildman–Crippen MR) is 69.3 cm³/mol. The molecule has 19 heavy (non-hydrogen) atoms. The van der Waals surface area contributed by atoms with Crippen LogP contribution in [0.25, 0.3) is 0 Å². The van der Waals surface area contributed by atoms with Gasteiger partial charge in [-0.25, -0.2) is 19.9 Å². The van der Waals surface area contributed by atoms with Crippen LogP contribution in [0.1, 0.15) is 24.5 Å². The van der Waals surface area contributed by atoms with Crippen LogP contribution in [0.2, 0.25) is 0 Å². The van der Waals surface area contributed by atoms with Crippen molar-refractivity contribution >= 4 is 6.03 Å². The lowest BCUT2D eigenvalue weighted by atomic mass is 9.98. The summed E-state index contributed by atoms with van der Waals surface area (Å²) in [6, 6.07) is -0.168. The Hall–Kier alpha value is -1.63. The van der Waals surface area contributed by atoms with Gasteiger partial charge in [0.15, 0.2) is 0 Å². The minimum atomic E-state index is -0.168. The minimum Gasteiger partial charge on any atom is -0.323 e. The van der Waals surface area contributed by atoms with Gasteiger partial charge >= 0.3 is 6.03 Å². The number of carbonyl (C=O) groups is 1. The second-order valence-corrected chi connectivity index (χ2v) is 4.95. The van der Waals surface area contributed by atoms with Crippen molar-refractivity contribution in [2.24, 2.45) is 5.92 Å². The van der Waals surface area contributed by atoms with Crippen LogP contribution >= 0.6 is 0 Å². The zero-order valence-corrected chi connectivity index (χ0v) is 11.7. The summed E-state index contributed by atoms with van der Waals surface area (Å²) < 4.78 is 1.93. The molecular weight excluding hydrogens is 246 g/mol. The third-order valence-corrected chi connectivity index (χ3v) is 3.39. The Kier molecular flexibility index (Phi) is 4.36. The lowest BCUT2D eigenvalue weighted by Crippen LogP contribution is -2.46. The number of aromatic nitrogens is 3. The van der Waals surface area contributed by atoms with Crippen molar-refractivity contribution in [2.45, 2.75) is 33.2 Å². The summed E-state index contributed by atoms with van der Waals surface area (Å²) in [5.41, 5.74) is 2.37. The van der Waals surface area contributed by atoms with E-state index in [1.165, 1.54) is 7.11 Å². The quantitative estimate of drug-likeness (QED) is 0.825. The maximum Gasteiger partial charge on any atom is 0.341 e. The molecule has 0 bridgehead atoms. The number of nitrogens with zero attached hydrogens (tertiary/aromatic N) is 4. The first-order valence-electron chi connectivity index (χ1n) is 6.56. The second-order valence-electron chi connectivity index (χ2n) is 4.95. The summed E-state index contributed by atoms with van der Waals surface area (Å²) >= 11 is 0. The van der Waals surface area contributed by atoms with Gasteiger partial charge < -0.3 is 4.90 Å². The number of hydrogen-bond donors (Lipinski definition) is 1. The molecule has 0 unspecified atom stereocenters. The molecule has 1 aliphatic heterocycles. The second kappa shape index (κ2) is 6.01. The van der Waals surface area contributed by atoms with Crippen LogP contribution in [-0.4, -0.2) is 45.9 Å². The van der Waals surface area contributed by atoms with Crippen molar-refractivity contribution in [3.63, 3.8) is 0 Å². The molecule has 7 heteroatoms. The third kappa shape index (κ3) is 3.44. The molecular formula is C12H21N5O2. The first-order chi connectivity index (χ1) is 9.10. The van der Waals surface area contributed by atoms with Crippen LogP contribution in [-0.2, 0) is 11.4 Å². The summed E-state index contributed by atoms with van der Waals surface area (Å²) in [5.74, 6) is 2.13. The number of rotatable bonds is 3. The molecule has 1 fully saturated rings. The van der Waals surface area contributed by atoms with Crippen LogP contribution in [0.5, 0.6) is 0 Å². The maximum atomic E-state index is 11.7. The molecule has 106 valence electrons. The number of hydroxylamine groups is 1. The molecule has 0 aromatic carbocycles. The van der Waals surface area contributed by atoms with Gasteiger partial charge in [-0.2, -0.15) is 5.10 Å². The molecule has 1 aromatic heterocycles. The first-order valence-corrected chi connectivity index (χ1v) is 6.56. The smallest absolute Gasteiger partial charge is 0.323 e. The van der Waals surface area contributed by atoms with E-state index in [0.29, 0.717) is 5.92 Å². The SMILES string of the molecule is CONC(=O)N1CCC[C@@H](Cn2nc(C)nc2C)C1. The topological polar surface area (TPSA) is 72.3 Å². The van der Waals surface area contributed by atoms with Crippen molar-refractivity contribution in [3.05, 3.63) is 11.6 Å². The van der Waals surface area contributed by atoms with Gasteiger partial charge in [0.05, 0.1) is 7.11 Å². The Morgan fingerprint density at radius 2 is 2.32 bits per heavy atom. The molecule has 1 N–H and O–H groups in total. The number of piperidine rings is 1. The van der Waals surface area contributed by atoms with Crippen LogP contribution < -0.4 is 5.48 Å². The fourth-order valence-corrected chi connectivity index (χ4v) is 2.53. The normalized spacial score (nSPS) is 19.5. The van der Waals surface area contributed by atoms with E-state index in [2.05, 4.69) is 20.4 Å². The molecule has 0 spiro atoms. The highest BCUT2D eigenvalue weighted by Gasteiger charge is 2.24. The molecule has 2 rings (SSSR count). The lowest BCUT2D eigenvalue weighted by Gasteiger charge is -2.32. The Balaban J connectivity index is 1.94. The maximum absolute atomic E-state index is 11.7. The number of carbonyl (C=O) groups excluding carboxylic acids is 1. The Morgan fingerprint density at radius 3 is 2.95 bits per heavy atom. The largest absolute Gasteiger partial charge is 0.341 e. The van der Waals surface area contributed by atoms with E-state index in [4.69, 9.17) is 0 Å². The average Bonchev–Trinajstić information content (AvgIpc) is 2.68. The van der Waals surface area contributed by atoms with Gasteiger partial charge in [-0.05, 0) is 32.6 Å². The van der Waals surface area contributed by atoms with E-state index in [1.807, 2.05) is 18.5 Å². The monoisotopic (exact) mass is 267 g/mol. The van der Waals surface area contributed by atoms with E-state index in [9.17, 15) is 4.79 Å². The van der Waals surface area contributed by atoms with Crippen molar-refractivity contribution in [3.8, 4) is 0 Å². The van der Waals surface area contributed by atoms with E-state index in [-0.39, 0.29) is 6.03 Å². The standard InChI is InChI=1S/C12H21N5O2/c1-9-13-10(2)17(14-9)8-11-5-4-6-16(7-11)12(18)15-19-3/h11H,4-8H2,1-3H3,(H,15,18)/t11-/m1/s1. The molecule has 1 aromatic rings. The van der Waals surface area contributed by atoms with Crippen LogP contribution in [0.4, 0.5) is 4.79 Å². The van der Waals surface area contributed by atoms with Crippen molar-refractivity contribution in [1.29, 1.82) is 0 Å². The Morgan fingerprint density at radius 1 is 1.53 bits per heavy atom. The number of nitrogens with one attached hydrogen (secondary N) is 1. The fourth-order valence-electron chi connectivity index (χ4n) is 2.53. The van der Waals surface area contributed by atoms with Crippen LogP contribution in [0.15, 0.2) is 0 Å². The number of urea groups is 1. The highest BCUT2D eigenvalue weighted by atomic mass is 16.6. The Labute approximate surface area is 112 Å². The van der Waals surface area contributed by atoms with Crippen molar-refractivity contribution < 1.29 is 9.63 Å². The highest BCUT2D eigenvalue weighted by Crippen LogP contribution is 2.18. The number of hydrogen-bond acceptors (Lipinski definition) is 4. The number of aryl methyl sites for hydroxylation is 2. The highest BCUT2D eigenvalue weighted by molar-refractivity contribution is 5.73. The number of amides is 2. The van der Waals surface area contributed by atoms with Gasteiger partial charge in [0, 0.05) is 19.6 Å². The molecule has 1 saturated heterocycles. The van der Waals surface area contributed by atoms with Gasteiger partial charge in [0.25, 0.3) is 0 Å². The van der Waals surface area contributed by atoms with Gasteiger partial charge in [-0.1, -0.05) is 0 Å². The minimum absolute atomic E-state index is 0.168. The molecule has 0 aliphatic carbocycles. The summed E-state index contributed by atoms with van der Waals surface area (Å²) in [6.07, 6.45) is 2.11. The molecule has 0 radical (unpaired) electrons. The van der Waals surface area contributed by atoms with Gasteiger partial charge in [0.2, 0.25) is 0 Å². The summed E-state index contributed by atoms with van der Waals surface area (Å²) in [7, 11) is 1.45. The van der Waals surface area contributed by atoms with E-state index < -0.39 is 0 Å². The molecule has 2 heterocycles. The summed E-state index contributed by atoms with van der Waals surface area (Å²) in [4.78, 5) is 22.5. The Bertz CT molecular complexity index is 445. The van der Waals surface area contributed by atoms with E-state index in [1.54, 1.807) is 4.90 Å². The first kappa shape index (κ1) is 13.8. The average molecular weight is 267 g/mol. The van der Waals surface area contributed by atoms with Crippen LogP contribution in [0, 0.1) is 19.8 Å². The van der Waals surface area contributed by atoms with Gasteiger partial charge in [-0.3, -0.25) is 4.84 Å². The van der Waals surface area contributed by atoms with Crippen LogP contribution in [0.3, 0.4) is 0 Å². The molecule has 1 aliphatic rings. The van der Waals surface area contributed by atoms with Gasteiger partial charge in [-0.15, -0.1) is 0 Å². The third-order valence-electron chi connectivity index (χ3n) is 3.39. The fraction of sp³-hybridized carbons (Fsp3) is 0.750. The van der Waals surface area contributed by atoms with Gasteiger partial charge in [0.1, 0.15) is 11.6 Å². The summed E-state index contributed by atoms with van der Waals surface area (Å²) in [6.45, 7) is 6.17. The molecule has 2 amide bonds. The lowest BCUT2D eigenvalue weighted by molar-refractivity contribution is 0.0755. The van der Waals surface area contributed by atoms with Crippen molar-refractivity contribution in [1.82, 2.24) is 25.1 Å². The molecule has 7 nitrogen and oxygen atoms in total. The van der Waals surface area contributed by atoms with Crippen molar-refractivity contribution in [2.75, 3.05) is 20.2 Å². The molecule has 1 atom stereocenters. The van der Waals surface area contributed by atoms with E-state index >= 15 is 0 Å². The zero-order valence-electron chi connectivity index (χ0n) is 11.7. The summed E-state index contributed by atoms with van der Waals surface area (Å²) in [5, 5.41) is 4.37. The predicted octanol–water partition coefficient (Wildman–Crippen LogP) is 0.878. The zero-order chi connectivity index (χ0) is 13.8. The number of likely N-dealkylation sites (tertiary alicyclic amines) is 1. The molecule has 0 saturated carbocycles.